The first-order valence-electron chi connectivity index (χ1n) is 9.12. The maximum Gasteiger partial charge on any atom is 0.238 e. The van der Waals surface area contributed by atoms with Crippen molar-refractivity contribution in [1.29, 1.82) is 0 Å². The van der Waals surface area contributed by atoms with Crippen LogP contribution in [0.4, 0.5) is 14.5 Å². The van der Waals surface area contributed by atoms with Crippen LogP contribution in [0.1, 0.15) is 5.69 Å². The van der Waals surface area contributed by atoms with Gasteiger partial charge in [0.05, 0.1) is 23.9 Å². The van der Waals surface area contributed by atoms with Gasteiger partial charge in [-0.3, -0.25) is 4.72 Å². The molecule has 32 heavy (non-hydrogen) atoms. The van der Waals surface area contributed by atoms with Gasteiger partial charge in [-0.25, -0.2) is 27.5 Å². The highest BCUT2D eigenvalue weighted by atomic mass is 32.2. The van der Waals surface area contributed by atoms with Crippen LogP contribution in [0.3, 0.4) is 0 Å². The van der Waals surface area contributed by atoms with E-state index in [2.05, 4.69) is 31.6 Å². The van der Waals surface area contributed by atoms with Crippen LogP contribution in [-0.2, 0) is 11.0 Å². The Hall–Kier alpha value is -3.88. The summed E-state index contributed by atoms with van der Waals surface area (Å²) in [5.41, 5.74) is 2.31. The van der Waals surface area contributed by atoms with Gasteiger partial charge in [-0.2, -0.15) is 5.10 Å². The lowest BCUT2D eigenvalue weighted by atomic mass is 10.2. The van der Waals surface area contributed by atoms with Gasteiger partial charge in [0.25, 0.3) is 0 Å². The lowest BCUT2D eigenvalue weighted by molar-refractivity contribution is 0.350. The van der Waals surface area contributed by atoms with Crippen molar-refractivity contribution in [2.24, 2.45) is 0 Å². The molecule has 162 valence electrons. The van der Waals surface area contributed by atoms with Gasteiger partial charge < -0.3 is 9.84 Å². The largest absolute Gasteiger partial charge is 0.480 e. The van der Waals surface area contributed by atoms with Crippen molar-refractivity contribution in [1.82, 2.24) is 19.6 Å². The van der Waals surface area contributed by atoms with Crippen LogP contribution >= 0.6 is 0 Å². The van der Waals surface area contributed by atoms with E-state index < -0.39 is 22.6 Å². The zero-order valence-corrected chi connectivity index (χ0v) is 17.4. The predicted octanol–water partition coefficient (Wildman–Crippen LogP) is 2.56. The van der Waals surface area contributed by atoms with E-state index in [1.54, 1.807) is 18.2 Å². The number of halogens is 2. The van der Waals surface area contributed by atoms with Gasteiger partial charge in [-0.15, -0.1) is 0 Å². The summed E-state index contributed by atoms with van der Waals surface area (Å²) in [4.78, 5) is 8.18. The normalized spacial score (nSPS) is 11.6. The molecule has 0 aliphatic heterocycles. The van der Waals surface area contributed by atoms with E-state index >= 15 is 0 Å². The number of imidazole rings is 1. The SMILES string of the molecule is COc1ncc(-c2ccc3ncc(C#CCO)n3n2)cc1NS(=O)c1ccc(F)cc1F. The van der Waals surface area contributed by atoms with E-state index in [-0.39, 0.29) is 23.1 Å². The molecule has 4 rings (SSSR count). The number of nitrogens with zero attached hydrogens (tertiary/aromatic N) is 4. The number of aliphatic hydroxyl groups excluding tert-OH is 1. The molecule has 1 unspecified atom stereocenters. The number of benzene rings is 1. The van der Waals surface area contributed by atoms with Gasteiger partial charge in [0, 0.05) is 17.8 Å². The summed E-state index contributed by atoms with van der Waals surface area (Å²) in [6.45, 7) is -0.295. The molecule has 0 radical (unpaired) electrons. The fourth-order valence-electron chi connectivity index (χ4n) is 2.85. The van der Waals surface area contributed by atoms with Crippen molar-refractivity contribution in [2.45, 2.75) is 4.90 Å². The number of nitrogens with one attached hydrogen (secondary N) is 1. The minimum absolute atomic E-state index is 0.128. The molecule has 0 spiro atoms. The molecule has 3 aromatic heterocycles. The molecule has 0 aliphatic carbocycles. The summed E-state index contributed by atoms with van der Waals surface area (Å²) in [5.74, 6) is 3.73. The van der Waals surface area contributed by atoms with Crippen molar-refractivity contribution >= 4 is 22.3 Å². The molecule has 1 atom stereocenters. The lowest BCUT2D eigenvalue weighted by Crippen LogP contribution is -2.09. The van der Waals surface area contributed by atoms with Gasteiger partial charge in [-0.05, 0) is 36.3 Å². The van der Waals surface area contributed by atoms with Crippen LogP contribution in [0.2, 0.25) is 0 Å². The quantitative estimate of drug-likeness (QED) is 0.449. The van der Waals surface area contributed by atoms with E-state index in [4.69, 9.17) is 9.84 Å². The highest BCUT2D eigenvalue weighted by Gasteiger charge is 2.16. The van der Waals surface area contributed by atoms with Crippen LogP contribution < -0.4 is 9.46 Å². The number of anilines is 1. The van der Waals surface area contributed by atoms with Gasteiger partial charge in [0.15, 0.2) is 16.6 Å². The first kappa shape index (κ1) is 21.4. The van der Waals surface area contributed by atoms with Crippen molar-refractivity contribution in [3.63, 3.8) is 0 Å². The van der Waals surface area contributed by atoms with E-state index in [0.717, 1.165) is 12.1 Å². The second-order valence-electron chi connectivity index (χ2n) is 6.32. The van der Waals surface area contributed by atoms with E-state index in [9.17, 15) is 13.0 Å². The molecule has 0 aliphatic rings. The molecular formula is C21H15F2N5O3S. The fourth-order valence-corrected chi connectivity index (χ4v) is 3.73. The Labute approximate surface area is 183 Å². The van der Waals surface area contributed by atoms with E-state index in [0.29, 0.717) is 28.7 Å². The maximum absolute atomic E-state index is 14.0. The summed E-state index contributed by atoms with van der Waals surface area (Å²) in [7, 11) is -0.658. The van der Waals surface area contributed by atoms with Gasteiger partial charge in [-0.1, -0.05) is 5.92 Å². The third kappa shape index (κ3) is 4.27. The van der Waals surface area contributed by atoms with Crippen LogP contribution in [0, 0.1) is 23.5 Å². The Bertz CT molecular complexity index is 1400. The summed E-state index contributed by atoms with van der Waals surface area (Å²) < 4.78 is 49.2. The van der Waals surface area contributed by atoms with E-state index in [1.807, 2.05) is 0 Å². The highest BCUT2D eigenvalue weighted by Crippen LogP contribution is 2.29. The molecule has 4 aromatic rings. The standard InChI is InChI=1S/C21H15F2N5O3S/c1-31-21-18(27-32(30)19-6-4-14(22)10-16(19)23)9-13(11-25-21)17-5-7-20-24-12-15(3-2-8-29)28(20)26-17/h4-7,9-12,27,29H,8H2,1H3. The van der Waals surface area contributed by atoms with Gasteiger partial charge in [0.2, 0.25) is 5.88 Å². The molecular weight excluding hydrogens is 440 g/mol. The predicted molar refractivity (Wildman–Crippen MR) is 113 cm³/mol. The number of methoxy groups -OCH3 is 1. The molecule has 0 fully saturated rings. The zero-order valence-electron chi connectivity index (χ0n) is 16.5. The number of rotatable bonds is 5. The molecule has 0 saturated heterocycles. The van der Waals surface area contributed by atoms with Crippen molar-refractivity contribution in [2.75, 3.05) is 18.4 Å². The summed E-state index contributed by atoms with van der Waals surface area (Å²) in [5, 5.41) is 13.4. The topological polar surface area (TPSA) is 102 Å². The number of fused-ring (bicyclic) bond motifs is 1. The van der Waals surface area contributed by atoms with Crippen molar-refractivity contribution in [3.8, 4) is 29.0 Å². The zero-order chi connectivity index (χ0) is 22.7. The number of hydrogen-bond donors (Lipinski definition) is 2. The number of aromatic nitrogens is 4. The Morgan fingerprint density at radius 1 is 1.19 bits per heavy atom. The first-order valence-corrected chi connectivity index (χ1v) is 10.3. The molecule has 2 N–H and O–H groups in total. The monoisotopic (exact) mass is 455 g/mol. The molecule has 8 nitrogen and oxygen atoms in total. The van der Waals surface area contributed by atoms with Gasteiger partial charge >= 0.3 is 0 Å². The van der Waals surface area contributed by atoms with Gasteiger partial charge in [0.1, 0.15) is 29.6 Å². The second kappa shape index (κ2) is 9.09. The molecule has 1 aromatic carbocycles. The van der Waals surface area contributed by atoms with Crippen molar-refractivity contribution < 1.29 is 22.8 Å². The molecule has 11 heteroatoms. The number of ether oxygens (including phenoxy) is 1. The molecule has 0 bridgehead atoms. The first-order chi connectivity index (χ1) is 15.5. The Morgan fingerprint density at radius 2 is 2.03 bits per heavy atom. The number of pyridine rings is 1. The Morgan fingerprint density at radius 3 is 2.78 bits per heavy atom. The average Bonchev–Trinajstić information content (AvgIpc) is 3.19. The second-order valence-corrected chi connectivity index (χ2v) is 7.50. The smallest absolute Gasteiger partial charge is 0.238 e. The summed E-state index contributed by atoms with van der Waals surface area (Å²) >= 11 is 0. The summed E-state index contributed by atoms with van der Waals surface area (Å²) in [6.07, 6.45) is 3.05. The maximum atomic E-state index is 14.0. The van der Waals surface area contributed by atoms with Crippen LogP contribution in [0.5, 0.6) is 5.88 Å². The fraction of sp³-hybridized carbons (Fsp3) is 0.0952. The summed E-state index contributed by atoms with van der Waals surface area (Å²) in [6, 6.07) is 7.81. The lowest BCUT2D eigenvalue weighted by Gasteiger charge is -2.12. The molecule has 0 amide bonds. The highest BCUT2D eigenvalue weighted by molar-refractivity contribution is 7.86. The van der Waals surface area contributed by atoms with Crippen molar-refractivity contribution in [3.05, 3.63) is 66.1 Å². The minimum atomic E-state index is -2.04. The molecule has 0 saturated carbocycles. The van der Waals surface area contributed by atoms with Crippen LogP contribution in [0.25, 0.3) is 16.9 Å². The Balaban J connectivity index is 1.71. The van der Waals surface area contributed by atoms with E-state index in [1.165, 1.54) is 24.0 Å². The Kier molecular flexibility index (Phi) is 6.07. The van der Waals surface area contributed by atoms with Crippen LogP contribution in [0.15, 0.2) is 53.7 Å². The van der Waals surface area contributed by atoms with Crippen LogP contribution in [-0.4, -0.2) is 42.6 Å². The average molecular weight is 455 g/mol. The minimum Gasteiger partial charge on any atom is -0.480 e. The third-order valence-electron chi connectivity index (χ3n) is 4.29. The number of hydrogen-bond acceptors (Lipinski definition) is 6. The molecule has 3 heterocycles. The third-order valence-corrected chi connectivity index (χ3v) is 5.43. The number of aliphatic hydroxyl groups is 1.